The summed E-state index contributed by atoms with van der Waals surface area (Å²) in [6.07, 6.45) is 6.15. The van der Waals surface area contributed by atoms with Crippen LogP contribution in [-0.2, 0) is 13.6 Å². The highest BCUT2D eigenvalue weighted by atomic mass is 15.3. The second-order valence-electron chi connectivity index (χ2n) is 5.54. The van der Waals surface area contributed by atoms with E-state index in [4.69, 9.17) is 5.73 Å². The Balaban J connectivity index is 1.68. The largest absolute Gasteiger partial charge is 0.384 e. The fourth-order valence-corrected chi connectivity index (χ4v) is 3.08. The number of aromatic nitrogens is 3. The van der Waals surface area contributed by atoms with Gasteiger partial charge in [0.15, 0.2) is 0 Å². The standard InChI is InChI=1S/C15H21N5/c1-19-14(5-7-18-19)13-3-2-8-20(11-13)10-12-4-6-17-15(16)9-12/h4-7,9,13H,2-3,8,10-11H2,1H3,(H2,16,17). The summed E-state index contributed by atoms with van der Waals surface area (Å²) in [5.74, 6) is 1.18. The summed E-state index contributed by atoms with van der Waals surface area (Å²) in [7, 11) is 2.03. The first kappa shape index (κ1) is 13.1. The number of nitrogens with two attached hydrogens (primary N) is 1. The van der Waals surface area contributed by atoms with Gasteiger partial charge in [0.2, 0.25) is 0 Å². The minimum absolute atomic E-state index is 0.579. The first-order chi connectivity index (χ1) is 9.72. The van der Waals surface area contributed by atoms with Gasteiger partial charge in [-0.05, 0) is 43.1 Å². The summed E-state index contributed by atoms with van der Waals surface area (Å²) in [6.45, 7) is 3.18. The van der Waals surface area contributed by atoms with Crippen molar-refractivity contribution in [2.45, 2.75) is 25.3 Å². The van der Waals surface area contributed by atoms with Gasteiger partial charge in [0, 0.05) is 44.1 Å². The molecule has 106 valence electrons. The van der Waals surface area contributed by atoms with E-state index in [1.165, 1.54) is 24.1 Å². The van der Waals surface area contributed by atoms with E-state index in [0.29, 0.717) is 11.7 Å². The number of likely N-dealkylation sites (tertiary alicyclic amines) is 1. The van der Waals surface area contributed by atoms with Gasteiger partial charge in [0.05, 0.1) is 0 Å². The number of hydrogen-bond acceptors (Lipinski definition) is 4. The number of aryl methyl sites for hydroxylation is 1. The van der Waals surface area contributed by atoms with E-state index < -0.39 is 0 Å². The third kappa shape index (κ3) is 2.82. The van der Waals surface area contributed by atoms with Gasteiger partial charge in [-0.2, -0.15) is 5.10 Å². The van der Waals surface area contributed by atoms with E-state index in [1.54, 1.807) is 6.20 Å². The van der Waals surface area contributed by atoms with Crippen molar-refractivity contribution in [1.29, 1.82) is 0 Å². The lowest BCUT2D eigenvalue weighted by atomic mass is 9.94. The van der Waals surface area contributed by atoms with Crippen LogP contribution in [-0.4, -0.2) is 32.8 Å². The zero-order valence-electron chi connectivity index (χ0n) is 11.9. The Morgan fingerprint density at radius 2 is 2.25 bits per heavy atom. The molecule has 2 aromatic heterocycles. The molecule has 5 heteroatoms. The molecule has 1 atom stereocenters. The Kier molecular flexibility index (Phi) is 3.69. The van der Waals surface area contributed by atoms with Crippen LogP contribution in [0.5, 0.6) is 0 Å². The fourth-order valence-electron chi connectivity index (χ4n) is 3.08. The van der Waals surface area contributed by atoms with Crippen LogP contribution < -0.4 is 5.73 Å². The third-order valence-corrected chi connectivity index (χ3v) is 4.03. The van der Waals surface area contributed by atoms with Crippen molar-refractivity contribution in [1.82, 2.24) is 19.7 Å². The van der Waals surface area contributed by atoms with Crippen LogP contribution in [0.15, 0.2) is 30.6 Å². The molecule has 2 aromatic rings. The Morgan fingerprint density at radius 3 is 3.00 bits per heavy atom. The Bertz CT molecular complexity index is 577. The van der Waals surface area contributed by atoms with E-state index >= 15 is 0 Å². The molecule has 3 rings (SSSR count). The van der Waals surface area contributed by atoms with Crippen LogP contribution in [0.4, 0.5) is 5.82 Å². The molecule has 0 amide bonds. The van der Waals surface area contributed by atoms with E-state index in [2.05, 4.69) is 21.0 Å². The Hall–Kier alpha value is -1.88. The molecule has 3 heterocycles. The molecule has 0 radical (unpaired) electrons. The molecule has 0 aliphatic carbocycles. The summed E-state index contributed by atoms with van der Waals surface area (Å²) in [5.41, 5.74) is 8.32. The number of piperidine rings is 1. The number of hydrogen-bond donors (Lipinski definition) is 1. The summed E-state index contributed by atoms with van der Waals surface area (Å²) in [5, 5.41) is 4.29. The van der Waals surface area contributed by atoms with Crippen LogP contribution in [0.2, 0.25) is 0 Å². The van der Waals surface area contributed by atoms with Gasteiger partial charge < -0.3 is 5.73 Å². The van der Waals surface area contributed by atoms with Gasteiger partial charge in [-0.25, -0.2) is 4.98 Å². The van der Waals surface area contributed by atoms with Crippen molar-refractivity contribution in [3.8, 4) is 0 Å². The number of rotatable bonds is 3. The monoisotopic (exact) mass is 271 g/mol. The molecule has 0 saturated carbocycles. The van der Waals surface area contributed by atoms with E-state index in [-0.39, 0.29) is 0 Å². The third-order valence-electron chi connectivity index (χ3n) is 4.03. The Morgan fingerprint density at radius 1 is 1.35 bits per heavy atom. The zero-order valence-corrected chi connectivity index (χ0v) is 11.9. The van der Waals surface area contributed by atoms with Crippen molar-refractivity contribution in [3.05, 3.63) is 41.9 Å². The lowest BCUT2D eigenvalue weighted by Gasteiger charge is -2.32. The SMILES string of the molecule is Cn1nccc1C1CCCN(Cc2ccnc(N)c2)C1. The minimum atomic E-state index is 0.579. The quantitative estimate of drug-likeness (QED) is 0.924. The maximum absolute atomic E-state index is 5.75. The molecule has 2 N–H and O–H groups in total. The molecule has 0 bridgehead atoms. The van der Waals surface area contributed by atoms with Gasteiger partial charge in [-0.1, -0.05) is 0 Å². The van der Waals surface area contributed by atoms with Crippen LogP contribution in [0, 0.1) is 0 Å². The molecule has 1 aliphatic heterocycles. The van der Waals surface area contributed by atoms with Crippen molar-refractivity contribution >= 4 is 5.82 Å². The molecule has 1 saturated heterocycles. The van der Waals surface area contributed by atoms with Gasteiger partial charge in [-0.15, -0.1) is 0 Å². The molecule has 0 spiro atoms. The van der Waals surface area contributed by atoms with E-state index in [1.807, 2.05) is 30.1 Å². The van der Waals surface area contributed by atoms with Gasteiger partial charge in [0.25, 0.3) is 0 Å². The predicted octanol–water partition coefficient (Wildman–Crippen LogP) is 1.78. The normalized spacial score (nSPS) is 20.1. The summed E-state index contributed by atoms with van der Waals surface area (Å²) >= 11 is 0. The van der Waals surface area contributed by atoms with E-state index in [0.717, 1.165) is 19.6 Å². The van der Waals surface area contributed by atoms with Gasteiger partial charge >= 0.3 is 0 Å². The predicted molar refractivity (Wildman–Crippen MR) is 79.1 cm³/mol. The van der Waals surface area contributed by atoms with Crippen molar-refractivity contribution in [3.63, 3.8) is 0 Å². The number of anilines is 1. The highest BCUT2D eigenvalue weighted by Crippen LogP contribution is 2.27. The van der Waals surface area contributed by atoms with Crippen LogP contribution in [0.3, 0.4) is 0 Å². The van der Waals surface area contributed by atoms with Crippen molar-refractivity contribution in [2.75, 3.05) is 18.8 Å². The van der Waals surface area contributed by atoms with Crippen molar-refractivity contribution in [2.24, 2.45) is 7.05 Å². The highest BCUT2D eigenvalue weighted by molar-refractivity contribution is 5.31. The topological polar surface area (TPSA) is 60.0 Å². The molecule has 5 nitrogen and oxygen atoms in total. The first-order valence-electron chi connectivity index (χ1n) is 7.13. The van der Waals surface area contributed by atoms with Crippen molar-refractivity contribution < 1.29 is 0 Å². The maximum atomic E-state index is 5.75. The average Bonchev–Trinajstić information content (AvgIpc) is 2.85. The first-order valence-corrected chi connectivity index (χ1v) is 7.13. The smallest absolute Gasteiger partial charge is 0.123 e. The van der Waals surface area contributed by atoms with Crippen LogP contribution in [0.25, 0.3) is 0 Å². The summed E-state index contributed by atoms with van der Waals surface area (Å²) in [6, 6.07) is 6.15. The maximum Gasteiger partial charge on any atom is 0.123 e. The van der Waals surface area contributed by atoms with Crippen LogP contribution >= 0.6 is 0 Å². The summed E-state index contributed by atoms with van der Waals surface area (Å²) in [4.78, 5) is 6.54. The number of nitrogen functional groups attached to an aromatic ring is 1. The average molecular weight is 271 g/mol. The van der Waals surface area contributed by atoms with Crippen LogP contribution in [0.1, 0.15) is 30.0 Å². The fraction of sp³-hybridized carbons (Fsp3) is 0.467. The highest BCUT2D eigenvalue weighted by Gasteiger charge is 2.23. The Labute approximate surface area is 119 Å². The lowest BCUT2D eigenvalue weighted by Crippen LogP contribution is -2.34. The molecular weight excluding hydrogens is 250 g/mol. The molecule has 0 aromatic carbocycles. The summed E-state index contributed by atoms with van der Waals surface area (Å²) < 4.78 is 2.00. The molecule has 1 unspecified atom stereocenters. The molecular formula is C15H21N5. The molecule has 1 fully saturated rings. The minimum Gasteiger partial charge on any atom is -0.384 e. The molecule has 1 aliphatic rings. The zero-order chi connectivity index (χ0) is 13.9. The lowest BCUT2D eigenvalue weighted by molar-refractivity contribution is 0.196. The second-order valence-corrected chi connectivity index (χ2v) is 5.54. The number of pyridine rings is 1. The second kappa shape index (κ2) is 5.63. The van der Waals surface area contributed by atoms with Gasteiger partial charge in [0.1, 0.15) is 5.82 Å². The van der Waals surface area contributed by atoms with E-state index in [9.17, 15) is 0 Å². The van der Waals surface area contributed by atoms with Gasteiger partial charge in [-0.3, -0.25) is 9.58 Å². The number of nitrogens with zero attached hydrogens (tertiary/aromatic N) is 4. The molecule has 20 heavy (non-hydrogen) atoms.